The number of halogens is 1. The number of aryl methyl sites for hydroxylation is 1. The highest BCUT2D eigenvalue weighted by atomic mass is 32.1. The number of pyridine rings is 1. The van der Waals surface area contributed by atoms with Gasteiger partial charge >= 0.3 is 0 Å². The molecule has 2 aromatic heterocycles. The van der Waals surface area contributed by atoms with Crippen LogP contribution >= 0.6 is 11.3 Å². The Morgan fingerprint density at radius 1 is 0.917 bits per heavy atom. The van der Waals surface area contributed by atoms with Crippen LogP contribution in [0.25, 0.3) is 21.3 Å². The van der Waals surface area contributed by atoms with Crippen molar-refractivity contribution < 1.29 is 38.1 Å². The molecule has 0 bridgehead atoms. The number of rotatable bonds is 18. The van der Waals surface area contributed by atoms with Crippen molar-refractivity contribution in [2.75, 3.05) is 44.7 Å². The zero-order valence-corrected chi connectivity index (χ0v) is 43.0. The van der Waals surface area contributed by atoms with Gasteiger partial charge in [-0.25, -0.2) is 9.37 Å². The molecule has 16 heteroatoms. The van der Waals surface area contributed by atoms with Crippen LogP contribution in [0.15, 0.2) is 84.5 Å². The Hall–Kier alpha value is -5.81. The predicted molar refractivity (Wildman–Crippen MR) is 278 cm³/mol. The molecule has 0 unspecified atom stereocenters. The quantitative estimate of drug-likeness (QED) is 0.0624. The molecule has 4 amide bonds. The molecule has 0 spiro atoms. The van der Waals surface area contributed by atoms with E-state index in [9.17, 15) is 28.7 Å². The number of anilines is 1. The Morgan fingerprint density at radius 3 is 2.35 bits per heavy atom. The molecule has 3 aromatic carbocycles. The van der Waals surface area contributed by atoms with Crippen LogP contribution in [0, 0.1) is 30.0 Å². The molecule has 5 aromatic rings. The first-order chi connectivity index (χ1) is 34.6. The number of hydrogen-bond donors (Lipinski definition) is 4. The number of β-amino-alcohol motifs (C(OH)–C–C–N with tert-alkyl or cyclic N) is 1. The second-order valence-electron chi connectivity index (χ2n) is 20.9. The Labute approximate surface area is 426 Å². The van der Waals surface area contributed by atoms with Crippen molar-refractivity contribution in [1.29, 1.82) is 0 Å². The van der Waals surface area contributed by atoms with Crippen LogP contribution in [0.5, 0.6) is 5.75 Å². The highest BCUT2D eigenvalue weighted by Crippen LogP contribution is 2.41. The van der Waals surface area contributed by atoms with E-state index in [1.807, 2.05) is 99.6 Å². The largest absolute Gasteiger partial charge is 0.490 e. The number of aliphatic hydroxyl groups excluding tert-OH is 1. The van der Waals surface area contributed by atoms with Gasteiger partial charge in [0.2, 0.25) is 23.6 Å². The maximum Gasteiger partial charge on any atom is 0.243 e. The monoisotopic (exact) mass is 1000 g/mol. The van der Waals surface area contributed by atoms with Crippen LogP contribution in [0.2, 0.25) is 0 Å². The molecule has 3 aliphatic rings. The third kappa shape index (κ3) is 13.2. The highest BCUT2D eigenvalue weighted by molar-refractivity contribution is 7.13. The first-order valence-corrected chi connectivity index (χ1v) is 26.5. The first-order valence-electron chi connectivity index (χ1n) is 25.6. The number of aliphatic hydroxyl groups is 1. The molecular weight excluding hydrogens is 934 g/mol. The number of benzene rings is 3. The van der Waals surface area contributed by atoms with Crippen molar-refractivity contribution in [2.24, 2.45) is 17.3 Å². The SMILES string of the molecule is Cc1ncsc1-c1ccc(CNC(=O)[C@@H]2C[C@@H](O)CN2C(=O)[C@@H](NCCOCCC(=O)N2CCC(Oc3ccc(NC(=O)[C@H](C)[C@H]4CC[C@@H](c5ccnc6ccc(F)cc65)CC4)cc3)CC2)C(C)(C)C)cc1. The standard InChI is InChI=1S/C56H70FN7O7S/c1-35(38-10-12-39(13-11-38)46-20-24-58-48-19-14-41(57)30-47(46)48)53(67)62-42-15-17-44(18-16-42)71-45-21-26-63(27-22-45)50(66)23-28-70-29-25-59-52(56(3,4)5)55(69)64-33-43(65)31-49(64)54(68)60-32-37-6-8-40(9-7-37)51-36(2)61-34-72-51/h6-9,14-20,24,30,34-35,38-39,43,45,49,52,59,65H,10-13,21-23,25-29,31-33H2,1-5H3,(H,60,68)(H,62,67)/t35-,38-,39+,43-,49+,52-/m1/s1. The molecule has 14 nitrogen and oxygen atoms in total. The number of amides is 4. The molecule has 4 N–H and O–H groups in total. The summed E-state index contributed by atoms with van der Waals surface area (Å²) in [5, 5.41) is 20.9. The van der Waals surface area contributed by atoms with Gasteiger partial charge in [0.05, 0.1) is 53.4 Å². The predicted octanol–water partition coefficient (Wildman–Crippen LogP) is 8.41. The van der Waals surface area contributed by atoms with E-state index in [1.54, 1.807) is 29.7 Å². The van der Waals surface area contributed by atoms with E-state index < -0.39 is 23.6 Å². The zero-order valence-electron chi connectivity index (χ0n) is 42.2. The number of hydrogen-bond acceptors (Lipinski definition) is 11. The number of aromatic nitrogens is 2. The minimum atomic E-state index is -0.804. The van der Waals surface area contributed by atoms with Crippen molar-refractivity contribution in [3.8, 4) is 16.2 Å². The van der Waals surface area contributed by atoms with Crippen LogP contribution in [0.3, 0.4) is 0 Å². The summed E-state index contributed by atoms with van der Waals surface area (Å²) < 4.78 is 26.2. The molecule has 1 saturated carbocycles. The van der Waals surface area contributed by atoms with Crippen LogP contribution < -0.4 is 20.7 Å². The van der Waals surface area contributed by atoms with Gasteiger partial charge in [0.25, 0.3) is 0 Å². The molecular formula is C56H70FN7O7S. The summed E-state index contributed by atoms with van der Waals surface area (Å²) in [6.45, 7) is 12.3. The molecule has 2 aliphatic heterocycles. The lowest BCUT2D eigenvalue weighted by Gasteiger charge is -2.35. The van der Waals surface area contributed by atoms with Crippen LogP contribution in [0.4, 0.5) is 10.1 Å². The van der Waals surface area contributed by atoms with Crippen LogP contribution in [-0.4, -0.2) is 112 Å². The minimum Gasteiger partial charge on any atom is -0.490 e. The zero-order chi connectivity index (χ0) is 50.9. The lowest BCUT2D eigenvalue weighted by molar-refractivity contribution is -0.142. The summed E-state index contributed by atoms with van der Waals surface area (Å²) in [4.78, 5) is 67.2. The van der Waals surface area contributed by atoms with E-state index >= 15 is 0 Å². The Balaban J connectivity index is 0.705. The number of thiazole rings is 1. The molecule has 4 heterocycles. The smallest absolute Gasteiger partial charge is 0.243 e. The second-order valence-corrected chi connectivity index (χ2v) is 21.7. The number of likely N-dealkylation sites (tertiary alicyclic amines) is 2. The maximum absolute atomic E-state index is 14.1. The molecule has 1 aliphatic carbocycles. The summed E-state index contributed by atoms with van der Waals surface area (Å²) in [6, 6.07) is 20.8. The van der Waals surface area contributed by atoms with Crippen molar-refractivity contribution in [1.82, 2.24) is 30.4 Å². The average Bonchev–Trinajstić information content (AvgIpc) is 4.00. The number of nitrogens with zero attached hydrogens (tertiary/aromatic N) is 4. The lowest BCUT2D eigenvalue weighted by atomic mass is 9.73. The van der Waals surface area contributed by atoms with E-state index in [4.69, 9.17) is 9.47 Å². The second kappa shape index (κ2) is 23.8. The third-order valence-electron chi connectivity index (χ3n) is 14.8. The lowest BCUT2D eigenvalue weighted by Crippen LogP contribution is -2.57. The summed E-state index contributed by atoms with van der Waals surface area (Å²) in [6.07, 6.45) is 6.51. The Kier molecular flexibility index (Phi) is 17.4. The highest BCUT2D eigenvalue weighted by Gasteiger charge is 2.44. The molecule has 384 valence electrons. The summed E-state index contributed by atoms with van der Waals surface area (Å²) in [5.41, 5.74) is 6.96. The van der Waals surface area contributed by atoms with Gasteiger partial charge in [-0.2, -0.15) is 0 Å². The van der Waals surface area contributed by atoms with E-state index in [0.29, 0.717) is 56.4 Å². The molecule has 4 atom stereocenters. The van der Waals surface area contributed by atoms with Crippen molar-refractivity contribution in [2.45, 2.75) is 123 Å². The molecule has 0 radical (unpaired) electrons. The summed E-state index contributed by atoms with van der Waals surface area (Å²) >= 11 is 1.59. The summed E-state index contributed by atoms with van der Waals surface area (Å²) in [5.74, 6) is 0.356. The van der Waals surface area contributed by atoms with E-state index in [-0.39, 0.29) is 80.0 Å². The van der Waals surface area contributed by atoms with Crippen molar-refractivity contribution in [3.05, 3.63) is 107 Å². The normalized spacial score (nSPS) is 20.5. The first kappa shape index (κ1) is 52.5. The van der Waals surface area contributed by atoms with Gasteiger partial charge in [0, 0.05) is 75.2 Å². The van der Waals surface area contributed by atoms with Gasteiger partial charge in [-0.3, -0.25) is 24.2 Å². The van der Waals surface area contributed by atoms with Gasteiger partial charge in [-0.15, -0.1) is 11.3 Å². The Bertz CT molecular complexity index is 2640. The summed E-state index contributed by atoms with van der Waals surface area (Å²) in [7, 11) is 0. The van der Waals surface area contributed by atoms with Crippen molar-refractivity contribution >= 4 is 51.6 Å². The number of carbonyl (C=O) groups excluding carboxylic acids is 4. The van der Waals surface area contributed by atoms with Crippen molar-refractivity contribution in [3.63, 3.8) is 0 Å². The fourth-order valence-electron chi connectivity index (χ4n) is 10.5. The van der Waals surface area contributed by atoms with E-state index in [2.05, 4.69) is 25.9 Å². The third-order valence-corrected chi connectivity index (χ3v) is 15.7. The molecule has 3 fully saturated rings. The van der Waals surface area contributed by atoms with E-state index in [0.717, 1.165) is 63.8 Å². The fraction of sp³-hybridized carbons (Fsp3) is 0.500. The molecule has 72 heavy (non-hydrogen) atoms. The number of piperidine rings is 1. The van der Waals surface area contributed by atoms with Gasteiger partial charge in [0.1, 0.15) is 23.7 Å². The number of carbonyl (C=O) groups is 4. The maximum atomic E-state index is 14.1. The fourth-order valence-corrected chi connectivity index (χ4v) is 11.3. The number of ether oxygens (including phenoxy) is 2. The molecule has 2 saturated heterocycles. The average molecular weight is 1000 g/mol. The van der Waals surface area contributed by atoms with E-state index in [1.165, 1.54) is 11.0 Å². The molecule has 8 rings (SSSR count). The van der Waals surface area contributed by atoms with Gasteiger partial charge < -0.3 is 40.3 Å². The Morgan fingerprint density at radius 2 is 1.65 bits per heavy atom. The van der Waals surface area contributed by atoms with Gasteiger partial charge in [-0.1, -0.05) is 52.0 Å². The number of nitrogens with one attached hydrogen (secondary N) is 3. The van der Waals surface area contributed by atoms with Crippen LogP contribution in [-0.2, 0) is 30.5 Å². The van der Waals surface area contributed by atoms with Crippen LogP contribution in [0.1, 0.15) is 102 Å². The minimum absolute atomic E-state index is 0.00153. The van der Waals surface area contributed by atoms with Gasteiger partial charge in [0.15, 0.2) is 0 Å². The number of fused-ring (bicyclic) bond motifs is 1. The topological polar surface area (TPSA) is 175 Å². The van der Waals surface area contributed by atoms with Gasteiger partial charge in [-0.05, 0) is 115 Å².